The van der Waals surface area contributed by atoms with Crippen LogP contribution in [-0.4, -0.2) is 19.2 Å². The molecule has 0 bridgehead atoms. The van der Waals surface area contributed by atoms with Gasteiger partial charge in [0, 0.05) is 0 Å². The van der Waals surface area contributed by atoms with E-state index in [-0.39, 0.29) is 5.97 Å². The Hall–Kier alpha value is -1.51. The molecule has 110 valence electrons. The Morgan fingerprint density at radius 3 is 2.95 bits per heavy atom. The Morgan fingerprint density at radius 1 is 1.35 bits per heavy atom. The number of fused-ring (bicyclic) bond motifs is 1. The highest BCUT2D eigenvalue weighted by atomic mass is 16.5. The molecule has 0 saturated carbocycles. The van der Waals surface area contributed by atoms with Crippen molar-refractivity contribution in [3.63, 3.8) is 0 Å². The van der Waals surface area contributed by atoms with Gasteiger partial charge in [0.25, 0.3) is 0 Å². The smallest absolute Gasteiger partial charge is 0.337 e. The topological polar surface area (TPSA) is 35.5 Å². The third kappa shape index (κ3) is 3.75. The van der Waals surface area contributed by atoms with E-state index in [0.29, 0.717) is 11.7 Å². The van der Waals surface area contributed by atoms with E-state index in [1.54, 1.807) is 6.07 Å². The van der Waals surface area contributed by atoms with Gasteiger partial charge in [-0.15, -0.1) is 0 Å². The van der Waals surface area contributed by atoms with E-state index >= 15 is 0 Å². The van der Waals surface area contributed by atoms with Crippen LogP contribution in [-0.2, 0) is 11.2 Å². The maximum atomic E-state index is 11.5. The molecule has 1 atom stereocenters. The quantitative estimate of drug-likeness (QED) is 0.578. The first-order valence-corrected chi connectivity index (χ1v) is 7.62. The van der Waals surface area contributed by atoms with E-state index < -0.39 is 0 Å². The largest absolute Gasteiger partial charge is 0.490 e. The van der Waals surface area contributed by atoms with Crippen molar-refractivity contribution in [3.05, 3.63) is 29.3 Å². The first-order chi connectivity index (χ1) is 9.74. The normalized spacial score (nSPS) is 17.2. The Kier molecular flexibility index (Phi) is 5.45. The van der Waals surface area contributed by atoms with Crippen molar-refractivity contribution >= 4 is 5.97 Å². The van der Waals surface area contributed by atoms with Gasteiger partial charge in [-0.25, -0.2) is 4.79 Å². The maximum absolute atomic E-state index is 11.5. The molecule has 0 N–H and O–H groups in total. The number of unbranched alkanes of at least 4 members (excludes halogenated alkanes) is 3. The zero-order valence-corrected chi connectivity index (χ0v) is 12.5. The number of carbonyl (C=O) groups excluding carboxylic acids is 1. The zero-order chi connectivity index (χ0) is 14.4. The van der Waals surface area contributed by atoms with Gasteiger partial charge < -0.3 is 9.47 Å². The zero-order valence-electron chi connectivity index (χ0n) is 12.5. The van der Waals surface area contributed by atoms with Crippen LogP contribution in [0, 0.1) is 0 Å². The third-order valence-corrected chi connectivity index (χ3v) is 3.89. The minimum atomic E-state index is -0.283. The highest BCUT2D eigenvalue weighted by molar-refractivity contribution is 5.89. The van der Waals surface area contributed by atoms with E-state index in [0.717, 1.165) is 30.6 Å². The Labute approximate surface area is 121 Å². The fourth-order valence-corrected chi connectivity index (χ4v) is 2.69. The average molecular weight is 276 g/mol. The summed E-state index contributed by atoms with van der Waals surface area (Å²) in [6, 6.07) is 5.58. The van der Waals surface area contributed by atoms with Gasteiger partial charge in [0.05, 0.1) is 18.8 Å². The van der Waals surface area contributed by atoms with Crippen LogP contribution in [0.3, 0.4) is 0 Å². The highest BCUT2D eigenvalue weighted by Crippen LogP contribution is 2.30. The van der Waals surface area contributed by atoms with Crippen molar-refractivity contribution < 1.29 is 14.3 Å². The average Bonchev–Trinajstić information content (AvgIpc) is 2.50. The molecule has 0 aliphatic carbocycles. The summed E-state index contributed by atoms with van der Waals surface area (Å²) in [6.07, 6.45) is 8.62. The predicted molar refractivity (Wildman–Crippen MR) is 79.3 cm³/mol. The lowest BCUT2D eigenvalue weighted by molar-refractivity contribution is 0.0600. The molecule has 1 aromatic rings. The number of esters is 1. The van der Waals surface area contributed by atoms with E-state index in [9.17, 15) is 4.79 Å². The van der Waals surface area contributed by atoms with Crippen LogP contribution in [0.1, 0.15) is 61.4 Å². The molecule has 0 spiro atoms. The molecule has 1 aliphatic rings. The van der Waals surface area contributed by atoms with Crippen LogP contribution in [0.2, 0.25) is 0 Å². The van der Waals surface area contributed by atoms with E-state index in [4.69, 9.17) is 9.47 Å². The minimum Gasteiger partial charge on any atom is -0.490 e. The van der Waals surface area contributed by atoms with E-state index in [2.05, 4.69) is 6.92 Å². The molecule has 2 rings (SSSR count). The van der Waals surface area contributed by atoms with Gasteiger partial charge in [0.1, 0.15) is 5.75 Å². The number of hydrogen-bond donors (Lipinski definition) is 0. The Balaban J connectivity index is 1.92. The van der Waals surface area contributed by atoms with Crippen molar-refractivity contribution in [1.82, 2.24) is 0 Å². The second-order valence-corrected chi connectivity index (χ2v) is 5.44. The molecular weight excluding hydrogens is 252 g/mol. The van der Waals surface area contributed by atoms with E-state index in [1.165, 1.54) is 32.8 Å². The van der Waals surface area contributed by atoms with Crippen LogP contribution in [0.15, 0.2) is 18.2 Å². The van der Waals surface area contributed by atoms with Gasteiger partial charge in [0.15, 0.2) is 0 Å². The van der Waals surface area contributed by atoms with Crippen molar-refractivity contribution in [3.8, 4) is 5.75 Å². The molecule has 1 aromatic carbocycles. The van der Waals surface area contributed by atoms with Gasteiger partial charge in [-0.1, -0.05) is 26.2 Å². The molecule has 0 saturated heterocycles. The fourth-order valence-electron chi connectivity index (χ4n) is 2.69. The first kappa shape index (κ1) is 14.9. The lowest BCUT2D eigenvalue weighted by Crippen LogP contribution is -2.22. The number of benzene rings is 1. The van der Waals surface area contributed by atoms with Crippen molar-refractivity contribution in [1.29, 1.82) is 0 Å². The molecule has 20 heavy (non-hydrogen) atoms. The maximum Gasteiger partial charge on any atom is 0.337 e. The van der Waals surface area contributed by atoms with Crippen LogP contribution in [0.5, 0.6) is 5.75 Å². The molecule has 0 fully saturated rings. The minimum absolute atomic E-state index is 0.283. The van der Waals surface area contributed by atoms with Gasteiger partial charge in [-0.3, -0.25) is 0 Å². The lowest BCUT2D eigenvalue weighted by atomic mass is 9.97. The molecule has 1 heterocycles. The number of hydrogen-bond acceptors (Lipinski definition) is 3. The number of rotatable bonds is 6. The second kappa shape index (κ2) is 7.32. The fraction of sp³-hybridized carbons (Fsp3) is 0.588. The first-order valence-electron chi connectivity index (χ1n) is 7.62. The predicted octanol–water partition coefficient (Wildman–Crippen LogP) is 4.14. The number of ether oxygens (including phenoxy) is 2. The molecule has 0 aromatic heterocycles. The summed E-state index contributed by atoms with van der Waals surface area (Å²) in [7, 11) is 1.41. The van der Waals surface area contributed by atoms with Gasteiger partial charge in [-0.2, -0.15) is 0 Å². The van der Waals surface area contributed by atoms with Gasteiger partial charge in [-0.05, 0) is 49.4 Å². The van der Waals surface area contributed by atoms with Crippen LogP contribution >= 0.6 is 0 Å². The summed E-state index contributed by atoms with van der Waals surface area (Å²) in [6.45, 7) is 2.23. The number of aryl methyl sites for hydroxylation is 1. The lowest BCUT2D eigenvalue weighted by Gasteiger charge is -2.26. The molecule has 0 amide bonds. The van der Waals surface area contributed by atoms with Crippen LogP contribution < -0.4 is 4.74 Å². The molecular formula is C17H24O3. The molecule has 1 aliphatic heterocycles. The summed E-state index contributed by atoms with van der Waals surface area (Å²) in [5, 5.41) is 0. The SMILES string of the molecule is CCCCCCC1CCc2cc(C(=O)OC)ccc2O1. The van der Waals surface area contributed by atoms with Crippen molar-refractivity contribution in [2.24, 2.45) is 0 Å². The summed E-state index contributed by atoms with van der Waals surface area (Å²) in [5.74, 6) is 0.652. The molecule has 3 heteroatoms. The summed E-state index contributed by atoms with van der Waals surface area (Å²) >= 11 is 0. The molecule has 3 nitrogen and oxygen atoms in total. The standard InChI is InChI=1S/C17H24O3/c1-3-4-5-6-7-15-10-8-13-12-14(17(18)19-2)9-11-16(13)20-15/h9,11-12,15H,3-8,10H2,1-2H3. The monoisotopic (exact) mass is 276 g/mol. The van der Waals surface area contributed by atoms with E-state index in [1.807, 2.05) is 12.1 Å². The molecule has 0 radical (unpaired) electrons. The number of methoxy groups -OCH3 is 1. The van der Waals surface area contributed by atoms with Crippen molar-refractivity contribution in [2.45, 2.75) is 58.0 Å². The highest BCUT2D eigenvalue weighted by Gasteiger charge is 2.20. The van der Waals surface area contributed by atoms with Crippen LogP contribution in [0.25, 0.3) is 0 Å². The van der Waals surface area contributed by atoms with Crippen molar-refractivity contribution in [2.75, 3.05) is 7.11 Å². The third-order valence-electron chi connectivity index (χ3n) is 3.89. The summed E-state index contributed by atoms with van der Waals surface area (Å²) in [5.41, 5.74) is 1.73. The Bertz CT molecular complexity index is 454. The number of carbonyl (C=O) groups is 1. The summed E-state index contributed by atoms with van der Waals surface area (Å²) in [4.78, 5) is 11.5. The van der Waals surface area contributed by atoms with Gasteiger partial charge >= 0.3 is 5.97 Å². The Morgan fingerprint density at radius 2 is 2.20 bits per heavy atom. The van der Waals surface area contributed by atoms with Gasteiger partial charge in [0.2, 0.25) is 0 Å². The summed E-state index contributed by atoms with van der Waals surface area (Å²) < 4.78 is 10.8. The second-order valence-electron chi connectivity index (χ2n) is 5.44. The van der Waals surface area contributed by atoms with Crippen LogP contribution in [0.4, 0.5) is 0 Å². The molecule has 1 unspecified atom stereocenters.